The van der Waals surface area contributed by atoms with Crippen LogP contribution in [0.2, 0.25) is 0 Å². The second kappa shape index (κ2) is 7.60. The van der Waals surface area contributed by atoms with Crippen LogP contribution >= 0.6 is 0 Å². The number of ether oxygens (including phenoxy) is 1. The van der Waals surface area contributed by atoms with Crippen LogP contribution < -0.4 is 15.4 Å². The van der Waals surface area contributed by atoms with Crippen LogP contribution in [0.1, 0.15) is 12.0 Å². The van der Waals surface area contributed by atoms with Crippen LogP contribution in [0.25, 0.3) is 0 Å². The number of rotatable bonds is 7. The monoisotopic (exact) mass is 326 g/mol. The lowest BCUT2D eigenvalue weighted by Crippen LogP contribution is -2.40. The van der Waals surface area contributed by atoms with Gasteiger partial charge in [0.2, 0.25) is 5.91 Å². The number of carbonyl (C=O) groups excluding carboxylic acids is 1. The van der Waals surface area contributed by atoms with Gasteiger partial charge < -0.3 is 15.4 Å². The molecule has 1 amide bonds. The molecule has 2 N–H and O–H groups in total. The highest BCUT2D eigenvalue weighted by Gasteiger charge is 2.27. The summed E-state index contributed by atoms with van der Waals surface area (Å²) >= 11 is 0. The van der Waals surface area contributed by atoms with E-state index < -0.39 is 9.84 Å². The normalized spacial score (nSPS) is 19.8. The van der Waals surface area contributed by atoms with Crippen molar-refractivity contribution in [1.82, 2.24) is 10.6 Å². The molecule has 0 aliphatic carbocycles. The highest BCUT2D eigenvalue weighted by Crippen LogP contribution is 2.17. The lowest BCUT2D eigenvalue weighted by atomic mass is 10.1. The first-order chi connectivity index (χ1) is 10.5. The number of carbonyl (C=O) groups is 1. The fraction of sp³-hybridized carbons (Fsp3) is 0.533. The molecule has 1 unspecified atom stereocenters. The van der Waals surface area contributed by atoms with Crippen LogP contribution in [0.3, 0.4) is 0 Å². The van der Waals surface area contributed by atoms with Gasteiger partial charge in [0, 0.05) is 12.6 Å². The largest absolute Gasteiger partial charge is 0.496 e. The Morgan fingerprint density at radius 1 is 1.36 bits per heavy atom. The van der Waals surface area contributed by atoms with Gasteiger partial charge >= 0.3 is 0 Å². The first-order valence-electron chi connectivity index (χ1n) is 7.32. The molecule has 1 aliphatic heterocycles. The minimum Gasteiger partial charge on any atom is -0.496 e. The molecule has 1 aliphatic rings. The molecular weight excluding hydrogens is 304 g/mol. The van der Waals surface area contributed by atoms with E-state index in [-0.39, 0.29) is 30.0 Å². The molecule has 0 bridgehead atoms. The van der Waals surface area contributed by atoms with Crippen molar-refractivity contribution in [2.75, 3.05) is 31.7 Å². The Balaban J connectivity index is 1.68. The summed E-state index contributed by atoms with van der Waals surface area (Å²) in [6.45, 7) is 0.663. The fourth-order valence-corrected chi connectivity index (χ4v) is 4.21. The van der Waals surface area contributed by atoms with Crippen LogP contribution in [-0.4, -0.2) is 52.1 Å². The first-order valence-corrected chi connectivity index (χ1v) is 9.15. The van der Waals surface area contributed by atoms with Gasteiger partial charge in [-0.25, -0.2) is 8.42 Å². The summed E-state index contributed by atoms with van der Waals surface area (Å²) in [5, 5.41) is 5.81. The van der Waals surface area contributed by atoms with Crippen LogP contribution in [0.15, 0.2) is 24.3 Å². The summed E-state index contributed by atoms with van der Waals surface area (Å²) < 4.78 is 27.9. The number of hydrogen-bond donors (Lipinski definition) is 2. The van der Waals surface area contributed by atoms with Crippen LogP contribution in [0.4, 0.5) is 0 Å². The summed E-state index contributed by atoms with van der Waals surface area (Å²) in [5.74, 6) is 1.02. The maximum absolute atomic E-state index is 11.8. The zero-order valence-electron chi connectivity index (χ0n) is 12.7. The van der Waals surface area contributed by atoms with Gasteiger partial charge in [0.1, 0.15) is 5.75 Å². The average Bonchev–Trinajstić information content (AvgIpc) is 2.85. The minimum absolute atomic E-state index is 0.107. The summed E-state index contributed by atoms with van der Waals surface area (Å²) in [6.07, 6.45) is 1.27. The lowest BCUT2D eigenvalue weighted by molar-refractivity contribution is -0.120. The number of sulfone groups is 1. The molecule has 122 valence electrons. The Morgan fingerprint density at radius 3 is 2.82 bits per heavy atom. The minimum atomic E-state index is -2.91. The molecule has 1 aromatic rings. The highest BCUT2D eigenvalue weighted by atomic mass is 32.2. The Hall–Kier alpha value is -1.60. The van der Waals surface area contributed by atoms with Gasteiger partial charge in [-0.2, -0.15) is 0 Å². The van der Waals surface area contributed by atoms with Gasteiger partial charge in [0.15, 0.2) is 9.84 Å². The molecule has 2 rings (SSSR count). The van der Waals surface area contributed by atoms with E-state index in [0.29, 0.717) is 19.4 Å². The third-order valence-corrected chi connectivity index (χ3v) is 5.46. The van der Waals surface area contributed by atoms with Gasteiger partial charge in [-0.3, -0.25) is 4.79 Å². The summed E-state index contributed by atoms with van der Waals surface area (Å²) in [5.41, 5.74) is 1.04. The van der Waals surface area contributed by atoms with E-state index >= 15 is 0 Å². The van der Waals surface area contributed by atoms with E-state index in [9.17, 15) is 13.2 Å². The standard InChI is InChI=1S/C15H22N2O4S/c1-21-14-5-3-2-4-12(14)6-8-16-15(18)10-17-13-7-9-22(19,20)11-13/h2-5,13,17H,6-11H2,1H3,(H,16,18). The molecule has 7 heteroatoms. The number of methoxy groups -OCH3 is 1. The lowest BCUT2D eigenvalue weighted by Gasteiger charge is -2.11. The van der Waals surface area contributed by atoms with E-state index in [4.69, 9.17) is 4.74 Å². The molecule has 0 aromatic heterocycles. The predicted molar refractivity (Wildman–Crippen MR) is 84.8 cm³/mol. The molecule has 1 aromatic carbocycles. The zero-order chi connectivity index (χ0) is 16.0. The Labute approximate surface area is 131 Å². The molecule has 1 atom stereocenters. The number of hydrogen-bond acceptors (Lipinski definition) is 5. The fourth-order valence-electron chi connectivity index (χ4n) is 2.50. The molecule has 6 nitrogen and oxygen atoms in total. The van der Waals surface area contributed by atoms with E-state index in [0.717, 1.165) is 11.3 Å². The maximum Gasteiger partial charge on any atom is 0.233 e. The van der Waals surface area contributed by atoms with E-state index in [1.54, 1.807) is 7.11 Å². The molecule has 22 heavy (non-hydrogen) atoms. The van der Waals surface area contributed by atoms with Gasteiger partial charge in [0.05, 0.1) is 25.2 Å². The smallest absolute Gasteiger partial charge is 0.233 e. The van der Waals surface area contributed by atoms with Gasteiger partial charge in [-0.1, -0.05) is 18.2 Å². The summed E-state index contributed by atoms with van der Waals surface area (Å²) in [4.78, 5) is 11.8. The van der Waals surface area contributed by atoms with Crippen molar-refractivity contribution in [2.45, 2.75) is 18.9 Å². The Morgan fingerprint density at radius 2 is 2.14 bits per heavy atom. The second-order valence-electron chi connectivity index (χ2n) is 5.39. The Kier molecular flexibility index (Phi) is 5.79. The average molecular weight is 326 g/mol. The van der Waals surface area contributed by atoms with Gasteiger partial charge in [-0.05, 0) is 24.5 Å². The van der Waals surface area contributed by atoms with Crippen molar-refractivity contribution >= 4 is 15.7 Å². The Bertz CT molecular complexity index is 616. The number of para-hydroxylation sites is 1. The number of nitrogens with one attached hydrogen (secondary N) is 2. The van der Waals surface area contributed by atoms with Crippen molar-refractivity contribution in [2.24, 2.45) is 0 Å². The van der Waals surface area contributed by atoms with Crippen LogP contribution in [0.5, 0.6) is 5.75 Å². The number of amides is 1. The van der Waals surface area contributed by atoms with Crippen molar-refractivity contribution in [3.05, 3.63) is 29.8 Å². The summed E-state index contributed by atoms with van der Waals surface area (Å²) in [7, 11) is -1.29. The zero-order valence-corrected chi connectivity index (χ0v) is 13.5. The first kappa shape index (κ1) is 16.8. The topological polar surface area (TPSA) is 84.5 Å². The second-order valence-corrected chi connectivity index (χ2v) is 7.62. The number of benzene rings is 1. The third kappa shape index (κ3) is 4.99. The van der Waals surface area contributed by atoms with Gasteiger partial charge in [-0.15, -0.1) is 0 Å². The molecule has 0 radical (unpaired) electrons. The van der Waals surface area contributed by atoms with Crippen molar-refractivity contribution in [3.63, 3.8) is 0 Å². The van der Waals surface area contributed by atoms with E-state index in [1.807, 2.05) is 24.3 Å². The molecular formula is C15H22N2O4S. The quantitative estimate of drug-likeness (QED) is 0.744. The molecule has 1 saturated heterocycles. The van der Waals surface area contributed by atoms with Crippen molar-refractivity contribution in [3.8, 4) is 5.75 Å². The van der Waals surface area contributed by atoms with Crippen molar-refractivity contribution in [1.29, 1.82) is 0 Å². The van der Waals surface area contributed by atoms with Crippen LogP contribution in [-0.2, 0) is 21.1 Å². The highest BCUT2D eigenvalue weighted by molar-refractivity contribution is 7.91. The van der Waals surface area contributed by atoms with E-state index in [2.05, 4.69) is 10.6 Å². The maximum atomic E-state index is 11.8. The SMILES string of the molecule is COc1ccccc1CCNC(=O)CNC1CCS(=O)(=O)C1. The van der Waals surface area contributed by atoms with Gasteiger partial charge in [0.25, 0.3) is 0 Å². The molecule has 0 saturated carbocycles. The third-order valence-electron chi connectivity index (χ3n) is 3.69. The molecule has 1 fully saturated rings. The van der Waals surface area contributed by atoms with Crippen LogP contribution in [0, 0.1) is 0 Å². The molecule has 0 spiro atoms. The molecule has 1 heterocycles. The van der Waals surface area contributed by atoms with E-state index in [1.165, 1.54) is 0 Å². The predicted octanol–water partition coefficient (Wildman–Crippen LogP) is 0.131. The summed E-state index contributed by atoms with van der Waals surface area (Å²) in [6, 6.07) is 7.58. The van der Waals surface area contributed by atoms with Crippen molar-refractivity contribution < 1.29 is 17.9 Å².